The normalized spacial score (nSPS) is 15.0. The maximum atomic E-state index is 12.6. The van der Waals surface area contributed by atoms with Crippen molar-refractivity contribution in [2.24, 2.45) is 7.05 Å². The molecule has 0 bridgehead atoms. The molecule has 1 aromatic carbocycles. The first-order valence-corrected chi connectivity index (χ1v) is 8.13. The molecule has 0 unspecified atom stereocenters. The summed E-state index contributed by atoms with van der Waals surface area (Å²) < 4.78 is 12.5. The Kier molecular flexibility index (Phi) is 4.82. The zero-order valence-electron chi connectivity index (χ0n) is 14.0. The average Bonchev–Trinajstić information content (AvgIpc) is 2.98. The predicted octanol–water partition coefficient (Wildman–Crippen LogP) is 3.31. The number of terminal acetylenes is 1. The lowest BCUT2D eigenvalue weighted by Crippen LogP contribution is -2.15. The van der Waals surface area contributed by atoms with Gasteiger partial charge in [0.1, 0.15) is 6.61 Å². The van der Waals surface area contributed by atoms with E-state index in [2.05, 4.69) is 11.0 Å². The lowest BCUT2D eigenvalue weighted by atomic mass is 9.90. The summed E-state index contributed by atoms with van der Waals surface area (Å²) in [7, 11) is 3.37. The number of benzene rings is 1. The van der Waals surface area contributed by atoms with Gasteiger partial charge < -0.3 is 9.47 Å². The minimum atomic E-state index is -0.00269. The Morgan fingerprint density at radius 1 is 1.44 bits per heavy atom. The number of methoxy groups -OCH3 is 1. The summed E-state index contributed by atoms with van der Waals surface area (Å²) in [6, 6.07) is 3.51. The molecule has 6 heteroatoms. The average molecular weight is 357 g/mol. The molecular formula is C19H17ClN2O3. The number of allylic oxidation sites excluding steroid dienone is 1. The molecule has 1 aromatic heterocycles. The number of carbonyl (C=O) groups excluding carboxylic acids is 1. The van der Waals surface area contributed by atoms with Gasteiger partial charge in [-0.05, 0) is 36.6 Å². The number of aryl methyl sites for hydroxylation is 1. The lowest BCUT2D eigenvalue weighted by molar-refractivity contribution is 0.102. The number of ketones is 1. The Bertz CT molecular complexity index is 906. The van der Waals surface area contributed by atoms with Crippen molar-refractivity contribution < 1.29 is 14.3 Å². The van der Waals surface area contributed by atoms with Gasteiger partial charge in [0.2, 0.25) is 0 Å². The maximum Gasteiger partial charge on any atom is 0.192 e. The number of nitrogens with zero attached hydrogens (tertiary/aromatic N) is 2. The van der Waals surface area contributed by atoms with Crippen molar-refractivity contribution in [2.75, 3.05) is 13.7 Å². The number of halogens is 1. The summed E-state index contributed by atoms with van der Waals surface area (Å²) in [5.41, 5.74) is 3.12. The molecule has 0 saturated carbocycles. The Hall–Kier alpha value is -2.71. The van der Waals surface area contributed by atoms with Crippen LogP contribution in [0.3, 0.4) is 0 Å². The zero-order chi connectivity index (χ0) is 18.0. The van der Waals surface area contributed by atoms with Crippen LogP contribution in [0.2, 0.25) is 5.02 Å². The molecule has 1 aliphatic rings. The third kappa shape index (κ3) is 3.26. The van der Waals surface area contributed by atoms with E-state index in [0.29, 0.717) is 28.5 Å². The van der Waals surface area contributed by atoms with Gasteiger partial charge >= 0.3 is 0 Å². The first-order valence-electron chi connectivity index (χ1n) is 7.75. The third-order valence-corrected chi connectivity index (χ3v) is 4.40. The van der Waals surface area contributed by atoms with Crippen LogP contribution in [0.1, 0.15) is 28.0 Å². The summed E-state index contributed by atoms with van der Waals surface area (Å²) in [5, 5.41) is 4.55. The van der Waals surface area contributed by atoms with Gasteiger partial charge in [-0.3, -0.25) is 9.48 Å². The van der Waals surface area contributed by atoms with Gasteiger partial charge in [-0.15, -0.1) is 6.42 Å². The van der Waals surface area contributed by atoms with Crippen LogP contribution in [0.25, 0.3) is 6.08 Å². The van der Waals surface area contributed by atoms with Crippen molar-refractivity contribution >= 4 is 23.5 Å². The molecule has 0 saturated heterocycles. The molecule has 2 aromatic rings. The maximum absolute atomic E-state index is 12.6. The van der Waals surface area contributed by atoms with E-state index in [1.165, 1.54) is 7.11 Å². The molecule has 0 amide bonds. The van der Waals surface area contributed by atoms with E-state index in [0.717, 1.165) is 23.3 Å². The molecular weight excluding hydrogens is 340 g/mol. The second-order valence-electron chi connectivity index (χ2n) is 5.65. The van der Waals surface area contributed by atoms with Crippen LogP contribution >= 0.6 is 11.6 Å². The number of hydrogen-bond acceptors (Lipinski definition) is 4. The highest BCUT2D eigenvalue weighted by Crippen LogP contribution is 2.37. The number of carbonyl (C=O) groups is 1. The highest BCUT2D eigenvalue weighted by Gasteiger charge is 2.25. The van der Waals surface area contributed by atoms with Crippen LogP contribution in [0.15, 0.2) is 23.9 Å². The molecule has 25 heavy (non-hydrogen) atoms. The Morgan fingerprint density at radius 3 is 2.96 bits per heavy atom. The Balaban J connectivity index is 1.95. The van der Waals surface area contributed by atoms with Crippen LogP contribution in [-0.4, -0.2) is 29.3 Å². The molecule has 3 rings (SSSR count). The quantitative estimate of drug-likeness (QED) is 0.623. The van der Waals surface area contributed by atoms with Gasteiger partial charge in [0.05, 0.1) is 23.9 Å². The summed E-state index contributed by atoms with van der Waals surface area (Å²) >= 11 is 6.29. The fraction of sp³-hybridized carbons (Fsp3) is 0.263. The first kappa shape index (κ1) is 17.1. The second-order valence-corrected chi connectivity index (χ2v) is 6.06. The summed E-state index contributed by atoms with van der Waals surface area (Å²) in [4.78, 5) is 12.6. The van der Waals surface area contributed by atoms with Crippen LogP contribution < -0.4 is 9.47 Å². The van der Waals surface area contributed by atoms with E-state index in [4.69, 9.17) is 27.5 Å². The number of hydrogen-bond donors (Lipinski definition) is 0. The minimum Gasteiger partial charge on any atom is -0.493 e. The monoisotopic (exact) mass is 356 g/mol. The minimum absolute atomic E-state index is 0.00269. The van der Waals surface area contributed by atoms with Crippen molar-refractivity contribution in [2.45, 2.75) is 12.8 Å². The van der Waals surface area contributed by atoms with Crippen molar-refractivity contribution in [3.63, 3.8) is 0 Å². The molecule has 0 aliphatic heterocycles. The van der Waals surface area contributed by atoms with E-state index in [1.807, 2.05) is 13.1 Å². The first-order chi connectivity index (χ1) is 12.0. The van der Waals surface area contributed by atoms with Crippen molar-refractivity contribution in [1.29, 1.82) is 0 Å². The summed E-state index contributed by atoms with van der Waals surface area (Å²) in [6.07, 6.45) is 10.1. The third-order valence-electron chi connectivity index (χ3n) is 4.12. The van der Waals surface area contributed by atoms with Crippen LogP contribution in [0.5, 0.6) is 11.5 Å². The van der Waals surface area contributed by atoms with E-state index in [9.17, 15) is 4.79 Å². The van der Waals surface area contributed by atoms with Crippen molar-refractivity contribution in [3.05, 3.63) is 45.7 Å². The SMILES string of the molecule is C#CCOc1c(Cl)cc(/C=C2\CCc3c(cnn3C)C2=O)cc1OC. The van der Waals surface area contributed by atoms with Crippen LogP contribution in [-0.2, 0) is 13.5 Å². The van der Waals surface area contributed by atoms with E-state index in [-0.39, 0.29) is 12.4 Å². The van der Waals surface area contributed by atoms with E-state index in [1.54, 1.807) is 23.0 Å². The van der Waals surface area contributed by atoms with Gasteiger partial charge in [-0.1, -0.05) is 17.5 Å². The molecule has 0 fully saturated rings. The van der Waals surface area contributed by atoms with Crippen molar-refractivity contribution in [1.82, 2.24) is 9.78 Å². The predicted molar refractivity (Wildman–Crippen MR) is 96.2 cm³/mol. The molecule has 1 heterocycles. The van der Waals surface area contributed by atoms with Gasteiger partial charge in [-0.25, -0.2) is 0 Å². The zero-order valence-corrected chi connectivity index (χ0v) is 14.8. The van der Waals surface area contributed by atoms with Gasteiger partial charge in [0.25, 0.3) is 0 Å². The molecule has 1 aliphatic carbocycles. The lowest BCUT2D eigenvalue weighted by Gasteiger charge is -2.15. The van der Waals surface area contributed by atoms with E-state index < -0.39 is 0 Å². The Labute approximate surface area is 151 Å². The topological polar surface area (TPSA) is 53.4 Å². The number of rotatable bonds is 4. The molecule has 0 atom stereocenters. The smallest absolute Gasteiger partial charge is 0.192 e. The largest absolute Gasteiger partial charge is 0.493 e. The van der Waals surface area contributed by atoms with E-state index >= 15 is 0 Å². The number of fused-ring (bicyclic) bond motifs is 1. The van der Waals surface area contributed by atoms with Gasteiger partial charge in [0, 0.05) is 18.3 Å². The summed E-state index contributed by atoms with van der Waals surface area (Å²) in [5.74, 6) is 3.26. The number of Topliss-reactive ketones (excluding diaryl/α,β-unsaturated/α-hetero) is 1. The molecule has 128 valence electrons. The van der Waals surface area contributed by atoms with Gasteiger partial charge in [0.15, 0.2) is 17.3 Å². The molecule has 0 radical (unpaired) electrons. The van der Waals surface area contributed by atoms with Crippen LogP contribution in [0.4, 0.5) is 0 Å². The summed E-state index contributed by atoms with van der Waals surface area (Å²) in [6.45, 7) is 0.0960. The molecule has 5 nitrogen and oxygen atoms in total. The fourth-order valence-electron chi connectivity index (χ4n) is 2.90. The standard InChI is InChI=1S/C19H17ClN2O3/c1-4-7-25-19-15(20)9-12(10-17(19)24-3)8-13-5-6-16-14(18(13)23)11-21-22(16)2/h1,8-11H,5-7H2,2-3H3/b13-8+. The highest BCUT2D eigenvalue weighted by molar-refractivity contribution is 6.32. The molecule has 0 N–H and O–H groups in total. The second kappa shape index (κ2) is 7.04. The van der Waals surface area contributed by atoms with Crippen LogP contribution in [0, 0.1) is 12.3 Å². The Morgan fingerprint density at radius 2 is 2.24 bits per heavy atom. The number of aromatic nitrogens is 2. The fourth-order valence-corrected chi connectivity index (χ4v) is 3.18. The highest BCUT2D eigenvalue weighted by atomic mass is 35.5. The number of ether oxygens (including phenoxy) is 2. The van der Waals surface area contributed by atoms with Crippen molar-refractivity contribution in [3.8, 4) is 23.8 Å². The van der Waals surface area contributed by atoms with Gasteiger partial charge in [-0.2, -0.15) is 5.10 Å². The molecule has 0 spiro atoms.